The third-order valence-electron chi connectivity index (χ3n) is 7.12. The van der Waals surface area contributed by atoms with E-state index in [9.17, 15) is 9.18 Å². The lowest BCUT2D eigenvalue weighted by molar-refractivity contribution is -0.118. The molecule has 0 fully saturated rings. The molecule has 0 spiro atoms. The predicted octanol–water partition coefficient (Wildman–Crippen LogP) is 7.60. The van der Waals surface area contributed by atoms with Gasteiger partial charge < -0.3 is 10.1 Å². The molecule has 0 amide bonds. The molecule has 1 unspecified atom stereocenters. The van der Waals surface area contributed by atoms with Crippen LogP contribution in [0.1, 0.15) is 49.4 Å². The van der Waals surface area contributed by atoms with Crippen LogP contribution in [0.4, 0.5) is 10.3 Å². The van der Waals surface area contributed by atoms with Gasteiger partial charge in [-0.1, -0.05) is 79.7 Å². The third-order valence-corrected chi connectivity index (χ3v) is 8.26. The predicted molar refractivity (Wildman–Crippen MR) is 155 cm³/mol. The zero-order valence-electron chi connectivity index (χ0n) is 22.2. The van der Waals surface area contributed by atoms with E-state index in [-0.39, 0.29) is 17.0 Å². The lowest BCUT2D eigenvalue weighted by Gasteiger charge is -2.38. The molecule has 204 valence electrons. The van der Waals surface area contributed by atoms with Crippen molar-refractivity contribution in [2.75, 3.05) is 5.32 Å². The number of nitrogens with one attached hydrogen (secondary N) is 1. The van der Waals surface area contributed by atoms with Crippen molar-refractivity contribution in [3.8, 4) is 5.75 Å². The van der Waals surface area contributed by atoms with E-state index in [4.69, 9.17) is 26.4 Å². The lowest BCUT2D eigenvalue weighted by Crippen LogP contribution is -2.36. The van der Waals surface area contributed by atoms with Crippen LogP contribution in [0.2, 0.25) is 5.02 Å². The summed E-state index contributed by atoms with van der Waals surface area (Å²) in [6, 6.07) is 21.6. The summed E-state index contributed by atoms with van der Waals surface area (Å²) in [5, 5.41) is 9.38. The molecule has 2 heterocycles. The molecule has 0 saturated carbocycles. The number of carbonyl (C=O) groups excluding carboxylic acids is 1. The van der Waals surface area contributed by atoms with Crippen LogP contribution in [-0.4, -0.2) is 20.5 Å². The van der Waals surface area contributed by atoms with E-state index < -0.39 is 6.04 Å². The number of ketones is 1. The molecule has 0 bridgehead atoms. The van der Waals surface area contributed by atoms with Crippen molar-refractivity contribution < 1.29 is 13.9 Å². The second kappa shape index (κ2) is 10.7. The van der Waals surface area contributed by atoms with Crippen LogP contribution in [0.25, 0.3) is 0 Å². The lowest BCUT2D eigenvalue weighted by atomic mass is 9.73. The minimum Gasteiger partial charge on any atom is -0.489 e. The van der Waals surface area contributed by atoms with Crippen LogP contribution in [-0.2, 0) is 17.2 Å². The van der Waals surface area contributed by atoms with E-state index in [2.05, 4.69) is 19.2 Å². The maximum Gasteiger partial charge on any atom is 0.227 e. The average molecular weight is 575 g/mol. The number of thioether (sulfide) groups is 1. The van der Waals surface area contributed by atoms with Crippen molar-refractivity contribution in [2.24, 2.45) is 5.41 Å². The zero-order chi connectivity index (χ0) is 27.9. The summed E-state index contributed by atoms with van der Waals surface area (Å²) in [7, 11) is 0. The third kappa shape index (κ3) is 5.51. The number of Topliss-reactive ketones (excluding diaryl/α,β-unsaturated/α-hetero) is 1. The molecule has 4 aromatic rings. The summed E-state index contributed by atoms with van der Waals surface area (Å²) in [6.45, 7) is 4.59. The highest BCUT2D eigenvalue weighted by atomic mass is 35.5. The van der Waals surface area contributed by atoms with Crippen molar-refractivity contribution in [2.45, 2.75) is 50.2 Å². The Kier molecular flexibility index (Phi) is 7.15. The van der Waals surface area contributed by atoms with Gasteiger partial charge >= 0.3 is 0 Å². The number of aromatic nitrogens is 3. The van der Waals surface area contributed by atoms with Crippen LogP contribution < -0.4 is 10.1 Å². The minimum absolute atomic E-state index is 0.0953. The molecule has 2 aliphatic rings. The van der Waals surface area contributed by atoms with Crippen molar-refractivity contribution in [1.29, 1.82) is 0 Å². The van der Waals surface area contributed by atoms with Crippen LogP contribution in [0.3, 0.4) is 0 Å². The fraction of sp³-hybridized carbons (Fsp3) is 0.258. The number of fused-ring (bicyclic) bond motifs is 1. The molecule has 1 aliphatic heterocycles. The van der Waals surface area contributed by atoms with Crippen molar-refractivity contribution in [1.82, 2.24) is 14.8 Å². The van der Waals surface area contributed by atoms with E-state index >= 15 is 0 Å². The number of hydrogen-bond donors (Lipinski definition) is 1. The number of rotatable bonds is 7. The van der Waals surface area contributed by atoms with Crippen LogP contribution >= 0.6 is 23.4 Å². The van der Waals surface area contributed by atoms with Crippen LogP contribution in [0.5, 0.6) is 5.75 Å². The molecule has 40 heavy (non-hydrogen) atoms. The first kappa shape index (κ1) is 26.6. The highest BCUT2D eigenvalue weighted by Crippen LogP contribution is 2.46. The van der Waals surface area contributed by atoms with E-state index in [1.165, 1.54) is 17.8 Å². The topological polar surface area (TPSA) is 69.0 Å². The molecule has 6 nitrogen and oxygen atoms in total. The second-order valence-electron chi connectivity index (χ2n) is 10.9. The Morgan fingerprint density at radius 1 is 1.10 bits per heavy atom. The Bertz CT molecular complexity index is 1620. The van der Waals surface area contributed by atoms with E-state index in [1.54, 1.807) is 16.8 Å². The van der Waals surface area contributed by atoms with Crippen molar-refractivity contribution in [3.05, 3.63) is 112 Å². The van der Waals surface area contributed by atoms with Gasteiger partial charge in [0.1, 0.15) is 24.2 Å². The summed E-state index contributed by atoms with van der Waals surface area (Å²) in [6.07, 6.45) is 1.18. The summed E-state index contributed by atoms with van der Waals surface area (Å²) in [5.41, 5.74) is 3.89. The van der Waals surface area contributed by atoms with E-state index in [1.807, 2.05) is 54.6 Å². The van der Waals surface area contributed by atoms with E-state index in [0.29, 0.717) is 51.8 Å². The molecular formula is C31H28ClFN4O2S. The zero-order valence-corrected chi connectivity index (χ0v) is 23.7. The number of allylic oxidation sites excluding steroid dienone is 2. The van der Waals surface area contributed by atoms with Gasteiger partial charge in [0.15, 0.2) is 5.78 Å². The number of halogens is 2. The Morgan fingerprint density at radius 3 is 2.70 bits per heavy atom. The Balaban J connectivity index is 1.33. The number of ether oxygens (including phenoxy) is 1. The Hall–Kier alpha value is -3.62. The number of nitrogens with zero attached hydrogens (tertiary/aromatic N) is 3. The van der Waals surface area contributed by atoms with Gasteiger partial charge in [0.05, 0.1) is 0 Å². The van der Waals surface area contributed by atoms with Gasteiger partial charge in [-0.15, -0.1) is 5.10 Å². The first-order valence-corrected chi connectivity index (χ1v) is 14.5. The van der Waals surface area contributed by atoms with Gasteiger partial charge in [0.2, 0.25) is 11.1 Å². The molecule has 6 rings (SSSR count). The molecule has 1 aliphatic carbocycles. The Labute approximate surface area is 241 Å². The number of hydrogen-bond acceptors (Lipinski definition) is 6. The molecule has 0 saturated heterocycles. The maximum atomic E-state index is 14.2. The summed E-state index contributed by atoms with van der Waals surface area (Å²) >= 11 is 7.37. The SMILES string of the molecule is CC1(C)CC(=O)C2=C(C1)Nc1nc(SCc3ccccc3F)nn1C2c1cccc(OCc2ccc(Cl)cc2)c1. The summed E-state index contributed by atoms with van der Waals surface area (Å²) < 4.78 is 22.1. The highest BCUT2D eigenvalue weighted by molar-refractivity contribution is 7.98. The van der Waals surface area contributed by atoms with E-state index in [0.717, 1.165) is 23.2 Å². The molecule has 3 aromatic carbocycles. The highest BCUT2D eigenvalue weighted by Gasteiger charge is 2.42. The molecule has 0 radical (unpaired) electrons. The van der Waals surface area contributed by atoms with Crippen LogP contribution in [0.15, 0.2) is 89.2 Å². The van der Waals surface area contributed by atoms with Crippen molar-refractivity contribution >= 4 is 35.1 Å². The fourth-order valence-corrected chi connectivity index (χ4v) is 6.18. The minimum atomic E-state index is -0.454. The largest absolute Gasteiger partial charge is 0.489 e. The first-order chi connectivity index (χ1) is 19.3. The van der Waals surface area contributed by atoms with Gasteiger partial charge in [-0.3, -0.25) is 4.79 Å². The maximum absolute atomic E-state index is 14.2. The van der Waals surface area contributed by atoms with Crippen LogP contribution in [0, 0.1) is 11.2 Å². The summed E-state index contributed by atoms with van der Waals surface area (Å²) in [5.74, 6) is 1.49. The fourth-order valence-electron chi connectivity index (χ4n) is 5.24. The Morgan fingerprint density at radius 2 is 1.90 bits per heavy atom. The van der Waals surface area contributed by atoms with Gasteiger partial charge in [-0.2, -0.15) is 4.98 Å². The molecule has 1 atom stereocenters. The molecule has 1 N–H and O–H groups in total. The smallest absolute Gasteiger partial charge is 0.227 e. The molecule has 9 heteroatoms. The standard InChI is InChI=1S/C31H28ClFN4O2S/c1-31(2)15-25-27(26(38)16-31)28(20-7-5-8-23(14-20)39-17-19-10-12-22(32)13-11-19)37-29(34-25)35-30(36-37)40-18-21-6-3-4-9-24(21)33/h3-14,28H,15-18H2,1-2H3,(H,34,35,36). The van der Waals surface area contributed by atoms with Gasteiger partial charge in [0, 0.05) is 28.5 Å². The van der Waals surface area contributed by atoms with Gasteiger partial charge in [-0.25, -0.2) is 9.07 Å². The molecular weight excluding hydrogens is 547 g/mol. The second-order valence-corrected chi connectivity index (χ2v) is 12.3. The normalized spacial score (nSPS) is 17.7. The van der Waals surface area contributed by atoms with Crippen molar-refractivity contribution in [3.63, 3.8) is 0 Å². The van der Waals surface area contributed by atoms with Gasteiger partial charge in [0.25, 0.3) is 0 Å². The molecule has 1 aromatic heterocycles. The quantitative estimate of drug-likeness (QED) is 0.229. The first-order valence-electron chi connectivity index (χ1n) is 13.1. The number of anilines is 1. The number of benzene rings is 3. The number of carbonyl (C=O) groups is 1. The van der Waals surface area contributed by atoms with Gasteiger partial charge in [-0.05, 0) is 58.9 Å². The summed E-state index contributed by atoms with van der Waals surface area (Å²) in [4.78, 5) is 18.3. The average Bonchev–Trinajstić information content (AvgIpc) is 3.33. The monoisotopic (exact) mass is 574 g/mol.